The molecule has 0 spiro atoms. The topological polar surface area (TPSA) is 32.3 Å². The number of urea groups is 1. The number of benzene rings is 2. The number of hydrogen-bond donors (Lipinski definition) is 1. The van der Waals surface area contributed by atoms with Gasteiger partial charge in [-0.25, -0.2) is 13.6 Å². The van der Waals surface area contributed by atoms with Gasteiger partial charge in [-0.3, -0.25) is 0 Å². The van der Waals surface area contributed by atoms with Gasteiger partial charge < -0.3 is 10.2 Å². The lowest BCUT2D eigenvalue weighted by molar-refractivity contribution is 0.174. The van der Waals surface area contributed by atoms with Crippen molar-refractivity contribution in [3.8, 4) is 0 Å². The third kappa shape index (κ3) is 7.18. The summed E-state index contributed by atoms with van der Waals surface area (Å²) < 4.78 is 27.5. The van der Waals surface area contributed by atoms with E-state index in [0.29, 0.717) is 6.54 Å². The monoisotopic (exact) mass is 440 g/mol. The van der Waals surface area contributed by atoms with Crippen LogP contribution in [0.4, 0.5) is 19.3 Å². The molecule has 1 N–H and O–H groups in total. The molecular weight excluding hydrogens is 406 g/mol. The van der Waals surface area contributed by atoms with Gasteiger partial charge in [0.2, 0.25) is 0 Å². The van der Waals surface area contributed by atoms with Crippen molar-refractivity contribution in [1.29, 1.82) is 0 Å². The Balaban J connectivity index is 1.83. The van der Waals surface area contributed by atoms with Crippen molar-refractivity contribution in [2.75, 3.05) is 11.9 Å². The lowest BCUT2D eigenvalue weighted by Gasteiger charge is -2.35. The molecule has 172 valence electrons. The van der Waals surface area contributed by atoms with Crippen LogP contribution in [0.15, 0.2) is 54.1 Å². The number of carbonyl (C=O) groups excluding carboxylic acids is 1. The minimum absolute atomic E-state index is 0.0109. The molecule has 1 fully saturated rings. The Bertz CT molecular complexity index is 892. The molecule has 5 heteroatoms. The highest BCUT2D eigenvalue weighted by atomic mass is 19.1. The van der Waals surface area contributed by atoms with Gasteiger partial charge in [0.05, 0.1) is 5.69 Å². The summed E-state index contributed by atoms with van der Waals surface area (Å²) in [7, 11) is 0. The number of hydrogen-bond acceptors (Lipinski definition) is 1. The SMILES string of the molecule is CCCCCC(=Cc1ccccc1)CN(C(=O)Nc1ccc(F)cc1F)C1CCCCC1. The van der Waals surface area contributed by atoms with Gasteiger partial charge in [0.25, 0.3) is 0 Å². The maximum Gasteiger partial charge on any atom is 0.322 e. The van der Waals surface area contributed by atoms with Crippen molar-refractivity contribution in [2.24, 2.45) is 0 Å². The summed E-state index contributed by atoms with van der Waals surface area (Å²) in [6, 6.07) is 13.2. The van der Waals surface area contributed by atoms with Gasteiger partial charge >= 0.3 is 6.03 Å². The fourth-order valence-electron chi connectivity index (χ4n) is 4.34. The predicted octanol–water partition coefficient (Wildman–Crippen LogP) is 7.80. The van der Waals surface area contributed by atoms with Crippen LogP contribution in [0.25, 0.3) is 6.08 Å². The van der Waals surface area contributed by atoms with Crippen LogP contribution in [-0.4, -0.2) is 23.5 Å². The largest absolute Gasteiger partial charge is 0.322 e. The Labute approximate surface area is 190 Å². The molecule has 0 atom stereocenters. The summed E-state index contributed by atoms with van der Waals surface area (Å²) in [5, 5.41) is 2.69. The van der Waals surface area contributed by atoms with Crippen LogP contribution in [-0.2, 0) is 0 Å². The minimum Gasteiger partial charge on any atom is -0.318 e. The summed E-state index contributed by atoms with van der Waals surface area (Å²) in [5.41, 5.74) is 2.33. The second kappa shape index (κ2) is 12.4. The van der Waals surface area contributed by atoms with E-state index in [4.69, 9.17) is 0 Å². The Kier molecular flexibility index (Phi) is 9.27. The standard InChI is InChI=1S/C27H34F2N2O/c1-2-3-6-13-22(18-21-11-7-4-8-12-21)20-31(24-14-9-5-10-15-24)27(32)30-26-17-16-23(28)19-25(26)29/h4,7-8,11-12,16-19,24H,2-3,5-6,9-10,13-15,20H2,1H3,(H,30,32). The summed E-state index contributed by atoms with van der Waals surface area (Å²) in [6.07, 6.45) is 11.7. The summed E-state index contributed by atoms with van der Waals surface area (Å²) in [6.45, 7) is 2.69. The van der Waals surface area contributed by atoms with Gasteiger partial charge in [0, 0.05) is 18.7 Å². The Morgan fingerprint density at radius 2 is 1.81 bits per heavy atom. The molecule has 2 aromatic carbocycles. The van der Waals surface area contributed by atoms with Crippen LogP contribution in [0.3, 0.4) is 0 Å². The molecule has 1 saturated carbocycles. The second-order valence-electron chi connectivity index (χ2n) is 8.64. The maximum atomic E-state index is 14.2. The molecule has 0 aliphatic heterocycles. The average molecular weight is 441 g/mol. The molecule has 2 amide bonds. The third-order valence-corrected chi connectivity index (χ3v) is 6.09. The van der Waals surface area contributed by atoms with Crippen molar-refractivity contribution in [2.45, 2.75) is 70.8 Å². The van der Waals surface area contributed by atoms with Crippen LogP contribution < -0.4 is 5.32 Å². The third-order valence-electron chi connectivity index (χ3n) is 6.09. The van der Waals surface area contributed by atoms with E-state index in [-0.39, 0.29) is 17.8 Å². The number of unbranched alkanes of at least 4 members (excludes halogenated alkanes) is 2. The van der Waals surface area contributed by atoms with E-state index in [9.17, 15) is 13.6 Å². The van der Waals surface area contributed by atoms with Crippen LogP contribution in [0.5, 0.6) is 0 Å². The van der Waals surface area contributed by atoms with Crippen LogP contribution in [0, 0.1) is 11.6 Å². The fraction of sp³-hybridized carbons (Fsp3) is 0.444. The Morgan fingerprint density at radius 3 is 2.50 bits per heavy atom. The normalized spacial score (nSPS) is 14.9. The number of anilines is 1. The van der Waals surface area contributed by atoms with Crippen LogP contribution in [0.1, 0.15) is 70.3 Å². The van der Waals surface area contributed by atoms with Crippen LogP contribution in [0.2, 0.25) is 0 Å². The average Bonchev–Trinajstić information content (AvgIpc) is 2.80. The lowest BCUT2D eigenvalue weighted by Crippen LogP contribution is -2.45. The van der Waals surface area contributed by atoms with E-state index < -0.39 is 11.6 Å². The van der Waals surface area contributed by atoms with E-state index in [1.807, 2.05) is 23.1 Å². The Morgan fingerprint density at radius 1 is 1.06 bits per heavy atom. The van der Waals surface area contributed by atoms with Gasteiger partial charge in [-0.15, -0.1) is 0 Å². The molecule has 0 heterocycles. The van der Waals surface area contributed by atoms with Gasteiger partial charge in [-0.2, -0.15) is 0 Å². The first-order chi connectivity index (χ1) is 15.6. The van der Waals surface area contributed by atoms with E-state index in [1.54, 1.807) is 0 Å². The molecule has 1 aliphatic rings. The molecule has 3 rings (SSSR count). The van der Waals surface area contributed by atoms with E-state index in [2.05, 4.69) is 30.4 Å². The molecule has 0 radical (unpaired) electrons. The molecule has 1 aliphatic carbocycles. The van der Waals surface area contributed by atoms with Gasteiger partial charge in [0.15, 0.2) is 0 Å². The van der Waals surface area contributed by atoms with Crippen molar-refractivity contribution < 1.29 is 13.6 Å². The Hall–Kier alpha value is -2.69. The van der Waals surface area contributed by atoms with E-state index >= 15 is 0 Å². The second-order valence-corrected chi connectivity index (χ2v) is 8.64. The zero-order chi connectivity index (χ0) is 22.8. The van der Waals surface area contributed by atoms with Gasteiger partial charge in [0.1, 0.15) is 11.6 Å². The number of amides is 2. The number of halogens is 2. The lowest BCUT2D eigenvalue weighted by atomic mass is 9.93. The summed E-state index contributed by atoms with van der Waals surface area (Å²) in [5.74, 6) is -1.42. The van der Waals surface area contributed by atoms with Crippen molar-refractivity contribution in [3.05, 3.63) is 71.3 Å². The number of rotatable bonds is 9. The molecule has 2 aromatic rings. The fourth-order valence-corrected chi connectivity index (χ4v) is 4.34. The quantitative estimate of drug-likeness (QED) is 0.396. The molecule has 32 heavy (non-hydrogen) atoms. The van der Waals surface area contributed by atoms with Gasteiger partial charge in [-0.05, 0) is 43.4 Å². The summed E-state index contributed by atoms with van der Waals surface area (Å²) >= 11 is 0. The molecule has 0 aromatic heterocycles. The first-order valence-electron chi connectivity index (χ1n) is 11.8. The minimum atomic E-state index is -0.759. The van der Waals surface area contributed by atoms with Crippen molar-refractivity contribution >= 4 is 17.8 Å². The predicted molar refractivity (Wildman–Crippen MR) is 128 cm³/mol. The van der Waals surface area contributed by atoms with Crippen molar-refractivity contribution in [1.82, 2.24) is 4.90 Å². The first kappa shape index (κ1) is 24.0. The number of nitrogens with one attached hydrogen (secondary N) is 1. The highest BCUT2D eigenvalue weighted by Crippen LogP contribution is 2.26. The van der Waals surface area contributed by atoms with Gasteiger partial charge in [-0.1, -0.05) is 81.0 Å². The van der Waals surface area contributed by atoms with Crippen molar-refractivity contribution in [3.63, 3.8) is 0 Å². The molecular formula is C27H34F2N2O. The van der Waals surface area contributed by atoms with E-state index in [0.717, 1.165) is 69.1 Å². The molecule has 0 bridgehead atoms. The smallest absolute Gasteiger partial charge is 0.318 e. The van der Waals surface area contributed by atoms with E-state index in [1.165, 1.54) is 18.1 Å². The zero-order valence-electron chi connectivity index (χ0n) is 19.0. The highest BCUT2D eigenvalue weighted by molar-refractivity contribution is 5.90. The number of nitrogens with zero attached hydrogens (tertiary/aromatic N) is 1. The first-order valence-corrected chi connectivity index (χ1v) is 11.8. The molecule has 0 unspecified atom stereocenters. The summed E-state index contributed by atoms with van der Waals surface area (Å²) in [4.78, 5) is 15.2. The van der Waals surface area contributed by atoms with Crippen LogP contribution >= 0.6 is 0 Å². The molecule has 3 nitrogen and oxygen atoms in total. The zero-order valence-corrected chi connectivity index (χ0v) is 19.0. The molecule has 0 saturated heterocycles. The maximum absolute atomic E-state index is 14.2. The number of carbonyl (C=O) groups is 1. The highest BCUT2D eigenvalue weighted by Gasteiger charge is 2.27.